The first-order chi connectivity index (χ1) is 11.2. The van der Waals surface area contributed by atoms with E-state index in [1.54, 1.807) is 0 Å². The Labute approximate surface area is 136 Å². The normalized spacial score (nSPS) is 13.1. The van der Waals surface area contributed by atoms with Crippen LogP contribution in [0.3, 0.4) is 0 Å². The summed E-state index contributed by atoms with van der Waals surface area (Å²) in [6.07, 6.45) is 0. The van der Waals surface area contributed by atoms with Crippen molar-refractivity contribution in [1.82, 2.24) is 15.0 Å². The molecule has 0 bridgehead atoms. The molecule has 0 saturated heterocycles. The highest BCUT2D eigenvalue weighted by atomic mass is 15.4. The first kappa shape index (κ1) is 14.0. The fraction of sp³-hybridized carbons (Fsp3) is 0.263. The van der Waals surface area contributed by atoms with Crippen molar-refractivity contribution < 1.29 is 0 Å². The van der Waals surface area contributed by atoms with Gasteiger partial charge >= 0.3 is 0 Å². The predicted octanol–water partition coefficient (Wildman–Crippen LogP) is 4.14. The molecule has 0 aliphatic carbocycles. The molecule has 2 heterocycles. The van der Waals surface area contributed by atoms with Crippen LogP contribution in [-0.4, -0.2) is 22.0 Å². The summed E-state index contributed by atoms with van der Waals surface area (Å²) in [5.41, 5.74) is 6.95. The van der Waals surface area contributed by atoms with E-state index in [4.69, 9.17) is 0 Å². The molecule has 3 aromatic rings. The van der Waals surface area contributed by atoms with Crippen LogP contribution in [0.2, 0.25) is 0 Å². The van der Waals surface area contributed by atoms with Crippen LogP contribution in [0.1, 0.15) is 25.5 Å². The summed E-state index contributed by atoms with van der Waals surface area (Å²) in [5, 5.41) is 8.99. The summed E-state index contributed by atoms with van der Waals surface area (Å²) in [5.74, 6) is 0. The lowest BCUT2D eigenvalue weighted by Crippen LogP contribution is -2.20. The predicted molar refractivity (Wildman–Crippen MR) is 93.4 cm³/mol. The van der Waals surface area contributed by atoms with E-state index in [-0.39, 0.29) is 6.04 Å². The fourth-order valence-electron chi connectivity index (χ4n) is 3.32. The summed E-state index contributed by atoms with van der Waals surface area (Å²) in [4.78, 5) is 2.30. The second-order valence-electron chi connectivity index (χ2n) is 6.36. The third-order valence-corrected chi connectivity index (χ3v) is 4.43. The minimum Gasteiger partial charge on any atom is -0.370 e. The molecule has 0 amide bonds. The second kappa shape index (κ2) is 5.23. The molecule has 0 fully saturated rings. The van der Waals surface area contributed by atoms with Crippen molar-refractivity contribution in [3.8, 4) is 22.5 Å². The lowest BCUT2D eigenvalue weighted by Gasteiger charge is -2.27. The number of anilines is 1. The summed E-state index contributed by atoms with van der Waals surface area (Å²) in [7, 11) is 2.14. The Kier molecular flexibility index (Phi) is 3.18. The van der Waals surface area contributed by atoms with E-state index in [2.05, 4.69) is 84.6 Å². The Morgan fingerprint density at radius 3 is 2.43 bits per heavy atom. The number of fused-ring (bicyclic) bond motifs is 5. The van der Waals surface area contributed by atoms with E-state index >= 15 is 0 Å². The number of nitrogens with zero attached hydrogens (tertiary/aromatic N) is 4. The monoisotopic (exact) mass is 304 g/mol. The van der Waals surface area contributed by atoms with E-state index < -0.39 is 0 Å². The lowest BCUT2D eigenvalue weighted by molar-refractivity contribution is 0.519. The highest BCUT2D eigenvalue weighted by molar-refractivity contribution is 5.88. The average molecular weight is 304 g/mol. The third kappa shape index (κ3) is 2.13. The Hall–Kier alpha value is -2.62. The van der Waals surface area contributed by atoms with E-state index in [0.717, 1.165) is 17.9 Å². The maximum absolute atomic E-state index is 4.54. The summed E-state index contributed by atoms with van der Waals surface area (Å²) < 4.78 is 2.03. The van der Waals surface area contributed by atoms with E-state index in [1.165, 1.54) is 22.4 Å². The largest absolute Gasteiger partial charge is 0.370 e. The Balaban J connectivity index is 2.10. The van der Waals surface area contributed by atoms with Crippen LogP contribution in [0.5, 0.6) is 0 Å². The highest BCUT2D eigenvalue weighted by Crippen LogP contribution is 2.41. The van der Waals surface area contributed by atoms with Crippen LogP contribution in [0, 0.1) is 0 Å². The van der Waals surface area contributed by atoms with Crippen LogP contribution < -0.4 is 4.90 Å². The van der Waals surface area contributed by atoms with Crippen LogP contribution >= 0.6 is 0 Å². The maximum Gasteiger partial charge on any atom is 0.121 e. The average Bonchev–Trinajstić information content (AvgIpc) is 2.98. The SMILES string of the molecule is CC(C)n1nnc2c1-c1ccccc1N(C)Cc1ccccc1-2. The van der Waals surface area contributed by atoms with Crippen LogP contribution in [-0.2, 0) is 6.54 Å². The minimum absolute atomic E-state index is 0.260. The van der Waals surface area contributed by atoms with Gasteiger partial charge in [-0.15, -0.1) is 5.10 Å². The number of aromatic nitrogens is 3. The van der Waals surface area contributed by atoms with Gasteiger partial charge in [-0.1, -0.05) is 47.7 Å². The molecular weight excluding hydrogens is 284 g/mol. The highest BCUT2D eigenvalue weighted by Gasteiger charge is 2.25. The summed E-state index contributed by atoms with van der Waals surface area (Å²) in [6.45, 7) is 5.15. The molecular formula is C19H20N4. The van der Waals surface area contributed by atoms with Gasteiger partial charge in [-0.05, 0) is 25.5 Å². The van der Waals surface area contributed by atoms with Gasteiger partial charge in [0.25, 0.3) is 0 Å². The first-order valence-electron chi connectivity index (χ1n) is 8.01. The van der Waals surface area contributed by atoms with Gasteiger partial charge in [0.15, 0.2) is 0 Å². The Morgan fingerprint density at radius 1 is 0.957 bits per heavy atom. The van der Waals surface area contributed by atoms with Crippen LogP contribution in [0.4, 0.5) is 5.69 Å². The molecule has 0 radical (unpaired) electrons. The minimum atomic E-state index is 0.260. The smallest absolute Gasteiger partial charge is 0.121 e. The molecule has 0 N–H and O–H groups in total. The molecule has 0 atom stereocenters. The Morgan fingerprint density at radius 2 is 1.65 bits per heavy atom. The molecule has 1 aliphatic rings. The van der Waals surface area contributed by atoms with E-state index in [1.807, 2.05) is 4.68 Å². The van der Waals surface area contributed by atoms with Crippen molar-refractivity contribution in [3.05, 3.63) is 54.1 Å². The van der Waals surface area contributed by atoms with Crippen molar-refractivity contribution >= 4 is 5.69 Å². The second-order valence-corrected chi connectivity index (χ2v) is 6.36. The zero-order valence-electron chi connectivity index (χ0n) is 13.7. The van der Waals surface area contributed by atoms with Gasteiger partial charge in [0.2, 0.25) is 0 Å². The Bertz CT molecular complexity index is 863. The van der Waals surface area contributed by atoms with Gasteiger partial charge in [-0.2, -0.15) is 0 Å². The topological polar surface area (TPSA) is 34.0 Å². The van der Waals surface area contributed by atoms with Gasteiger partial charge in [0, 0.05) is 36.4 Å². The van der Waals surface area contributed by atoms with Crippen molar-refractivity contribution in [2.45, 2.75) is 26.4 Å². The van der Waals surface area contributed by atoms with Gasteiger partial charge in [0.05, 0.1) is 5.69 Å². The first-order valence-corrected chi connectivity index (χ1v) is 8.01. The van der Waals surface area contributed by atoms with Crippen molar-refractivity contribution in [3.63, 3.8) is 0 Å². The van der Waals surface area contributed by atoms with E-state index in [0.29, 0.717) is 0 Å². The van der Waals surface area contributed by atoms with Crippen molar-refractivity contribution in [1.29, 1.82) is 0 Å². The molecule has 0 saturated carbocycles. The molecule has 1 aliphatic heterocycles. The molecule has 4 heteroatoms. The van der Waals surface area contributed by atoms with Crippen LogP contribution in [0.25, 0.3) is 22.5 Å². The molecule has 116 valence electrons. The maximum atomic E-state index is 4.54. The fourth-order valence-corrected chi connectivity index (χ4v) is 3.32. The quantitative estimate of drug-likeness (QED) is 0.677. The molecule has 4 nitrogen and oxygen atoms in total. The van der Waals surface area contributed by atoms with Gasteiger partial charge in [-0.3, -0.25) is 0 Å². The molecule has 0 unspecified atom stereocenters. The van der Waals surface area contributed by atoms with Crippen LogP contribution in [0.15, 0.2) is 48.5 Å². The van der Waals surface area contributed by atoms with Gasteiger partial charge < -0.3 is 4.90 Å². The van der Waals surface area contributed by atoms with Gasteiger partial charge in [0.1, 0.15) is 5.69 Å². The molecule has 2 aromatic carbocycles. The molecule has 1 aromatic heterocycles. The molecule has 23 heavy (non-hydrogen) atoms. The number of rotatable bonds is 1. The summed E-state index contributed by atoms with van der Waals surface area (Å²) in [6, 6.07) is 17.3. The number of benzene rings is 2. The zero-order chi connectivity index (χ0) is 16.0. The lowest BCUT2D eigenvalue weighted by atomic mass is 9.96. The number of hydrogen-bond acceptors (Lipinski definition) is 3. The van der Waals surface area contributed by atoms with Crippen molar-refractivity contribution in [2.75, 3.05) is 11.9 Å². The number of hydrogen-bond donors (Lipinski definition) is 0. The molecule has 0 spiro atoms. The third-order valence-electron chi connectivity index (χ3n) is 4.43. The number of para-hydroxylation sites is 1. The zero-order valence-corrected chi connectivity index (χ0v) is 13.7. The van der Waals surface area contributed by atoms with Crippen molar-refractivity contribution in [2.24, 2.45) is 0 Å². The van der Waals surface area contributed by atoms with Gasteiger partial charge in [-0.25, -0.2) is 4.68 Å². The van der Waals surface area contributed by atoms with E-state index in [9.17, 15) is 0 Å². The molecule has 4 rings (SSSR count). The standard InChI is InChI=1S/C19H20N4/c1-13(2)23-19-16-10-6-7-11-17(16)22(3)12-14-8-4-5-9-15(14)18(19)20-21-23/h4-11,13H,12H2,1-3H3. The summed E-state index contributed by atoms with van der Waals surface area (Å²) >= 11 is 0.